The molecule has 23 heavy (non-hydrogen) atoms. The van der Waals surface area contributed by atoms with E-state index in [0.29, 0.717) is 5.69 Å². The minimum absolute atomic E-state index is 0.136. The highest BCUT2D eigenvalue weighted by Gasteiger charge is 2.15. The molecule has 0 bridgehead atoms. The van der Waals surface area contributed by atoms with E-state index in [1.54, 1.807) is 12.1 Å². The first-order valence-corrected chi connectivity index (χ1v) is 9.35. The summed E-state index contributed by atoms with van der Waals surface area (Å²) in [5.74, 6) is -0.136. The summed E-state index contributed by atoms with van der Waals surface area (Å²) in [7, 11) is -2.11. The van der Waals surface area contributed by atoms with Gasteiger partial charge in [0.25, 0.3) is 0 Å². The predicted octanol–water partition coefficient (Wildman–Crippen LogP) is 2.71. The Balaban J connectivity index is 2.00. The molecule has 0 spiro atoms. The van der Waals surface area contributed by atoms with Crippen molar-refractivity contribution < 1.29 is 13.2 Å². The molecule has 0 aliphatic heterocycles. The standard InChI is InChI=1S/C16H18N2O3S2/c1-12(22-14-6-4-3-5-7-14)16(19)18-13-8-10-15(11-9-13)23(20,21)17-2/h3-12,17H,1-2H3,(H,18,19)/t12-/m1/s1. The SMILES string of the molecule is CNS(=O)(=O)c1ccc(NC(=O)[C@@H](C)Sc2ccccc2)cc1. The van der Waals surface area contributed by atoms with Gasteiger partial charge in [0, 0.05) is 10.6 Å². The monoisotopic (exact) mass is 350 g/mol. The van der Waals surface area contributed by atoms with E-state index in [4.69, 9.17) is 0 Å². The smallest absolute Gasteiger partial charge is 0.240 e. The molecule has 2 rings (SSSR count). The number of nitrogens with one attached hydrogen (secondary N) is 2. The molecule has 0 heterocycles. The number of carbonyl (C=O) groups excluding carboxylic acids is 1. The Kier molecular flexibility index (Phi) is 5.81. The summed E-state index contributed by atoms with van der Waals surface area (Å²) in [5, 5.41) is 2.52. The van der Waals surface area contributed by atoms with Crippen molar-refractivity contribution in [3.05, 3.63) is 54.6 Å². The van der Waals surface area contributed by atoms with Gasteiger partial charge in [-0.25, -0.2) is 13.1 Å². The number of anilines is 1. The van der Waals surface area contributed by atoms with Gasteiger partial charge in [0.15, 0.2) is 0 Å². The molecule has 0 aliphatic rings. The number of carbonyl (C=O) groups is 1. The summed E-state index contributed by atoms with van der Waals surface area (Å²) < 4.78 is 25.5. The van der Waals surface area contributed by atoms with Crippen molar-refractivity contribution in [3.8, 4) is 0 Å². The summed E-state index contributed by atoms with van der Waals surface area (Å²) >= 11 is 1.46. The first kappa shape index (κ1) is 17.5. The van der Waals surface area contributed by atoms with Crippen molar-refractivity contribution in [1.82, 2.24) is 4.72 Å². The molecule has 122 valence electrons. The van der Waals surface area contributed by atoms with E-state index in [1.165, 1.54) is 30.9 Å². The summed E-state index contributed by atoms with van der Waals surface area (Å²) in [5.41, 5.74) is 0.561. The van der Waals surface area contributed by atoms with Crippen LogP contribution in [0.5, 0.6) is 0 Å². The van der Waals surface area contributed by atoms with Gasteiger partial charge in [-0.2, -0.15) is 0 Å². The van der Waals surface area contributed by atoms with Crippen LogP contribution in [0.4, 0.5) is 5.69 Å². The normalized spacial score (nSPS) is 12.6. The molecular formula is C16H18N2O3S2. The lowest BCUT2D eigenvalue weighted by Crippen LogP contribution is -2.22. The number of hydrogen-bond donors (Lipinski definition) is 2. The van der Waals surface area contributed by atoms with Gasteiger partial charge >= 0.3 is 0 Å². The molecule has 1 atom stereocenters. The molecule has 0 unspecified atom stereocenters. The van der Waals surface area contributed by atoms with Crippen LogP contribution in [0.15, 0.2) is 64.4 Å². The molecular weight excluding hydrogens is 332 g/mol. The van der Waals surface area contributed by atoms with Crippen LogP contribution in [-0.2, 0) is 14.8 Å². The van der Waals surface area contributed by atoms with Crippen molar-refractivity contribution in [2.45, 2.75) is 22.0 Å². The van der Waals surface area contributed by atoms with Gasteiger partial charge in [-0.15, -0.1) is 11.8 Å². The molecule has 0 aromatic heterocycles. The third-order valence-corrected chi connectivity index (χ3v) is 5.67. The number of thioether (sulfide) groups is 1. The van der Waals surface area contributed by atoms with Crippen LogP contribution in [0.3, 0.4) is 0 Å². The molecule has 1 amide bonds. The molecule has 0 saturated heterocycles. The highest BCUT2D eigenvalue weighted by molar-refractivity contribution is 8.00. The van der Waals surface area contributed by atoms with E-state index in [0.717, 1.165) is 4.90 Å². The Bertz CT molecular complexity index is 760. The first-order chi connectivity index (χ1) is 10.9. The molecule has 0 radical (unpaired) electrons. The van der Waals surface area contributed by atoms with E-state index >= 15 is 0 Å². The van der Waals surface area contributed by atoms with Crippen LogP contribution >= 0.6 is 11.8 Å². The Labute approximate surface area is 140 Å². The molecule has 2 aromatic rings. The summed E-state index contributed by atoms with van der Waals surface area (Å²) in [4.78, 5) is 13.4. The maximum absolute atomic E-state index is 12.2. The molecule has 2 N–H and O–H groups in total. The number of benzene rings is 2. The Morgan fingerprint density at radius 3 is 2.22 bits per heavy atom. The van der Waals surface area contributed by atoms with Crippen LogP contribution in [0, 0.1) is 0 Å². The Morgan fingerprint density at radius 2 is 1.65 bits per heavy atom. The van der Waals surface area contributed by atoms with Crippen molar-refractivity contribution in [2.75, 3.05) is 12.4 Å². The quantitative estimate of drug-likeness (QED) is 0.786. The number of rotatable bonds is 6. The van der Waals surface area contributed by atoms with Gasteiger partial charge in [-0.3, -0.25) is 4.79 Å². The zero-order valence-corrected chi connectivity index (χ0v) is 14.4. The number of hydrogen-bond acceptors (Lipinski definition) is 4. The van der Waals surface area contributed by atoms with Crippen LogP contribution in [0.25, 0.3) is 0 Å². The molecule has 0 aliphatic carbocycles. The first-order valence-electron chi connectivity index (χ1n) is 6.98. The second kappa shape index (κ2) is 7.63. The van der Waals surface area contributed by atoms with Crippen LogP contribution in [0.1, 0.15) is 6.92 Å². The van der Waals surface area contributed by atoms with E-state index in [2.05, 4.69) is 10.0 Å². The van der Waals surface area contributed by atoms with Gasteiger partial charge in [0.2, 0.25) is 15.9 Å². The van der Waals surface area contributed by atoms with Crippen molar-refractivity contribution in [3.63, 3.8) is 0 Å². The number of sulfonamides is 1. The fourth-order valence-electron chi connectivity index (χ4n) is 1.84. The maximum Gasteiger partial charge on any atom is 0.240 e. The average Bonchev–Trinajstić information content (AvgIpc) is 2.56. The minimum atomic E-state index is -3.47. The number of amides is 1. The molecule has 0 fully saturated rings. The molecule has 5 nitrogen and oxygen atoms in total. The Morgan fingerprint density at radius 1 is 1.04 bits per heavy atom. The van der Waals surface area contributed by atoms with Crippen LogP contribution < -0.4 is 10.0 Å². The Hall–Kier alpha value is -1.83. The van der Waals surface area contributed by atoms with Gasteiger partial charge in [0.05, 0.1) is 10.1 Å². The molecule has 2 aromatic carbocycles. The van der Waals surface area contributed by atoms with Gasteiger partial charge in [-0.05, 0) is 50.4 Å². The van der Waals surface area contributed by atoms with Crippen molar-refractivity contribution in [2.24, 2.45) is 0 Å². The highest BCUT2D eigenvalue weighted by atomic mass is 32.2. The third kappa shape index (κ3) is 4.82. The summed E-state index contributed by atoms with van der Waals surface area (Å²) in [6, 6.07) is 15.7. The van der Waals surface area contributed by atoms with Crippen molar-refractivity contribution in [1.29, 1.82) is 0 Å². The average molecular weight is 350 g/mol. The van der Waals surface area contributed by atoms with E-state index in [1.807, 2.05) is 37.3 Å². The minimum Gasteiger partial charge on any atom is -0.325 e. The zero-order valence-electron chi connectivity index (χ0n) is 12.8. The topological polar surface area (TPSA) is 75.3 Å². The fourth-order valence-corrected chi connectivity index (χ4v) is 3.45. The van der Waals surface area contributed by atoms with E-state index < -0.39 is 10.0 Å². The lowest BCUT2D eigenvalue weighted by Gasteiger charge is -2.12. The van der Waals surface area contributed by atoms with Gasteiger partial charge < -0.3 is 5.32 Å². The van der Waals surface area contributed by atoms with Crippen LogP contribution in [0.2, 0.25) is 0 Å². The summed E-state index contributed by atoms with van der Waals surface area (Å²) in [6.07, 6.45) is 0. The second-order valence-corrected chi connectivity index (χ2v) is 8.10. The molecule has 0 saturated carbocycles. The second-order valence-electron chi connectivity index (χ2n) is 4.79. The van der Waals surface area contributed by atoms with Gasteiger partial charge in [0.1, 0.15) is 0 Å². The fraction of sp³-hybridized carbons (Fsp3) is 0.188. The lowest BCUT2D eigenvalue weighted by molar-refractivity contribution is -0.115. The van der Waals surface area contributed by atoms with Crippen molar-refractivity contribution >= 4 is 33.4 Å². The molecule has 7 heteroatoms. The van der Waals surface area contributed by atoms with Gasteiger partial charge in [-0.1, -0.05) is 18.2 Å². The van der Waals surface area contributed by atoms with E-state index in [9.17, 15) is 13.2 Å². The predicted molar refractivity (Wildman–Crippen MR) is 93.1 cm³/mol. The maximum atomic E-state index is 12.2. The third-order valence-electron chi connectivity index (χ3n) is 3.13. The zero-order chi connectivity index (χ0) is 16.9. The lowest BCUT2D eigenvalue weighted by atomic mass is 10.3. The van der Waals surface area contributed by atoms with Crippen LogP contribution in [-0.4, -0.2) is 26.6 Å². The highest BCUT2D eigenvalue weighted by Crippen LogP contribution is 2.24. The van der Waals surface area contributed by atoms with E-state index in [-0.39, 0.29) is 16.1 Å². The summed E-state index contributed by atoms with van der Waals surface area (Å²) in [6.45, 7) is 1.83. The largest absolute Gasteiger partial charge is 0.325 e.